The number of imide groups is 1. The smallest absolute Gasteiger partial charge is 0.349 e. The first-order chi connectivity index (χ1) is 27.6. The van der Waals surface area contributed by atoms with E-state index in [4.69, 9.17) is 54.3 Å². The maximum atomic E-state index is 12.7. The minimum atomic E-state index is -4.35. The van der Waals surface area contributed by atoms with E-state index in [9.17, 15) is 33.4 Å². The van der Waals surface area contributed by atoms with Crippen LogP contribution in [0, 0.1) is 6.92 Å². The van der Waals surface area contributed by atoms with Crippen LogP contribution in [0.1, 0.15) is 63.1 Å². The van der Waals surface area contributed by atoms with E-state index >= 15 is 0 Å². The van der Waals surface area contributed by atoms with Gasteiger partial charge in [0.2, 0.25) is 5.91 Å². The number of anilines is 2. The average molecular weight is 923 g/mol. The zero-order chi connectivity index (χ0) is 45.0. The predicted molar refractivity (Wildman–Crippen MR) is 235 cm³/mol. The fourth-order valence-electron chi connectivity index (χ4n) is 5.78. The largest absolute Gasteiger partial charge is 0.778 e. The van der Waals surface area contributed by atoms with Crippen molar-refractivity contribution in [3.05, 3.63) is 74.3 Å². The Morgan fingerprint density at radius 2 is 1.66 bits per heavy atom. The summed E-state index contributed by atoms with van der Waals surface area (Å²) in [5.41, 5.74) is 5.25. The van der Waals surface area contributed by atoms with Gasteiger partial charge in [-0.3, -0.25) is 24.5 Å². The topological polar surface area (TPSA) is 203 Å². The number of halogens is 3. The molecule has 3 N–H and O–H groups in total. The fourth-order valence-corrected chi connectivity index (χ4v) is 6.64. The summed E-state index contributed by atoms with van der Waals surface area (Å²) in [5, 5.41) is 10.2. The molecule has 0 radical (unpaired) electrons. The molecule has 0 fully saturated rings. The first kappa shape index (κ1) is 53.8. The molecule has 14 nitrogen and oxygen atoms in total. The highest BCUT2D eigenvalue weighted by atomic mass is 35.5. The molecule has 0 saturated heterocycles. The van der Waals surface area contributed by atoms with E-state index in [-0.39, 0.29) is 41.3 Å². The minimum absolute atomic E-state index is 0.0223. The molecule has 1 aliphatic carbocycles. The van der Waals surface area contributed by atoms with Crippen LogP contribution in [0.3, 0.4) is 0 Å². The van der Waals surface area contributed by atoms with Gasteiger partial charge < -0.3 is 33.8 Å². The van der Waals surface area contributed by atoms with Crippen molar-refractivity contribution >= 4 is 100 Å². The van der Waals surface area contributed by atoms with Gasteiger partial charge in [0.1, 0.15) is 18.5 Å². The molecule has 0 aromatic heterocycles. The molecular weight excluding hydrogens is 868 g/mol. The monoisotopic (exact) mass is 921 g/mol. The quantitative estimate of drug-likeness (QED) is 0.0496. The number of benzene rings is 2. The number of aliphatic carboxylic acids is 1. The van der Waals surface area contributed by atoms with E-state index in [1.54, 1.807) is 37.1 Å². The molecule has 2 aliphatic rings. The number of carbonyl (C=O) groups excluding carboxylic acids is 4. The normalized spacial score (nSPS) is 15.1. The first-order valence-corrected chi connectivity index (χ1v) is 24.0. The molecule has 2 aromatic carbocycles. The van der Waals surface area contributed by atoms with Crippen LogP contribution >= 0.6 is 42.4 Å². The van der Waals surface area contributed by atoms with Crippen molar-refractivity contribution in [2.75, 3.05) is 67.6 Å². The number of carboxylic acid groups (broad SMARTS) is 1. The maximum Gasteiger partial charge on any atom is 0.349 e. The van der Waals surface area contributed by atoms with Gasteiger partial charge in [-0.1, -0.05) is 48.3 Å². The van der Waals surface area contributed by atoms with E-state index in [0.717, 1.165) is 36.1 Å². The highest BCUT2D eigenvalue weighted by Crippen LogP contribution is 2.37. The van der Waals surface area contributed by atoms with Crippen LogP contribution in [0.4, 0.5) is 11.4 Å². The third-order valence-corrected chi connectivity index (χ3v) is 9.60. The van der Waals surface area contributed by atoms with E-state index in [2.05, 4.69) is 31.8 Å². The van der Waals surface area contributed by atoms with E-state index < -0.39 is 32.4 Å². The molecule has 2 atom stereocenters. The number of esters is 1. The Labute approximate surface area is 364 Å². The van der Waals surface area contributed by atoms with Gasteiger partial charge in [-0.05, 0) is 105 Å². The molecule has 328 valence electrons. The van der Waals surface area contributed by atoms with Gasteiger partial charge >= 0.3 is 11.9 Å². The van der Waals surface area contributed by atoms with Crippen molar-refractivity contribution in [3.63, 3.8) is 0 Å². The van der Waals surface area contributed by atoms with Crippen LogP contribution < -0.4 is 20.0 Å². The number of para-hydroxylation sites is 1. The average Bonchev–Trinajstić information content (AvgIpc) is 3.41. The third-order valence-electron chi connectivity index (χ3n) is 8.14. The lowest BCUT2D eigenvalue weighted by atomic mass is 9.93. The first-order valence-electron chi connectivity index (χ1n) is 18.5. The van der Waals surface area contributed by atoms with Gasteiger partial charge in [-0.2, -0.15) is 0 Å². The second-order valence-corrected chi connectivity index (χ2v) is 18.6. The summed E-state index contributed by atoms with van der Waals surface area (Å²) >= 11 is 17.9. The Morgan fingerprint density at radius 1 is 1.08 bits per heavy atom. The summed E-state index contributed by atoms with van der Waals surface area (Å²) in [6.07, 6.45) is 11.2. The molecule has 0 bridgehead atoms. The highest BCUT2D eigenvalue weighted by molar-refractivity contribution is 7.94. The molecule has 1 aliphatic heterocycles. The number of aryl methyl sites for hydroxylation is 2. The molecule has 19 heteroatoms. The van der Waals surface area contributed by atoms with Crippen LogP contribution in [-0.2, 0) is 55.3 Å². The summed E-state index contributed by atoms with van der Waals surface area (Å²) < 4.78 is 20.0. The van der Waals surface area contributed by atoms with Gasteiger partial charge in [0, 0.05) is 23.3 Å². The number of ether oxygens (including phenoxy) is 2. The van der Waals surface area contributed by atoms with Crippen molar-refractivity contribution < 1.29 is 52.9 Å². The van der Waals surface area contributed by atoms with Crippen molar-refractivity contribution in [1.82, 2.24) is 5.32 Å². The fraction of sp³-hybridized carbons (Fsp3) is 0.475. The number of carboxylic acids is 1. The Morgan fingerprint density at radius 3 is 2.14 bits per heavy atom. The molecule has 0 spiro atoms. The second kappa shape index (κ2) is 26.9. The number of nitrogens with one attached hydrogen (secondary N) is 1. The number of methoxy groups -OCH3 is 1. The Kier molecular flexibility index (Phi) is 24.5. The lowest BCUT2D eigenvalue weighted by molar-refractivity contribution is -0.193. The molecule has 4 rings (SSSR count). The van der Waals surface area contributed by atoms with E-state index in [1.807, 2.05) is 31.3 Å². The van der Waals surface area contributed by atoms with Gasteiger partial charge in [-0.25, -0.2) is 9.69 Å². The zero-order valence-electron chi connectivity index (χ0n) is 34.6. The van der Waals surface area contributed by atoms with Crippen molar-refractivity contribution in [2.24, 2.45) is 0 Å². The molecule has 2 aromatic rings. The molecule has 2 unspecified atom stereocenters. The van der Waals surface area contributed by atoms with Crippen LogP contribution in [-0.4, -0.2) is 104 Å². The van der Waals surface area contributed by atoms with Crippen molar-refractivity contribution in [1.29, 1.82) is 0 Å². The number of nitrogens with zero attached hydrogens (tertiary/aromatic N) is 2. The van der Waals surface area contributed by atoms with Crippen molar-refractivity contribution in [3.8, 4) is 0 Å². The standard InChI is InChI=1S/C19H17Cl2NO4.C15H22ClNO2.C3H8NO5P.C3H9S/c1-2-26-19(25)16(21)10-11-9-12(7-8-15(11)20)22-17(23)13-5-3-4-6-14(13)18(22)24;1-5-13-8-6-7-11(2)15(13)17(14(18)9-16)12(3)10-19-4;5-3(6)1-4-2-10(7,8)9;1-4(2)3/h7-10H,2-6H2,1H3;6-8,12H,5,9-10H2,1-4H3;4H,1-2H2,(H,5,6)(H2,7,8,9);1-3H3/q;;;+1/p-1/b16-10-;;;. The summed E-state index contributed by atoms with van der Waals surface area (Å²) in [5.74, 6) is -2.51. The Balaban J connectivity index is 0.000000461. The van der Waals surface area contributed by atoms with Gasteiger partial charge in [0.15, 0.2) is 0 Å². The van der Waals surface area contributed by atoms with E-state index in [0.29, 0.717) is 57.8 Å². The predicted octanol–water partition coefficient (Wildman–Crippen LogP) is 6.05. The number of carbonyl (C=O) groups is 5. The Hall–Kier alpha value is -3.24. The lowest BCUT2D eigenvalue weighted by Gasteiger charge is -2.31. The maximum absolute atomic E-state index is 12.7. The van der Waals surface area contributed by atoms with Gasteiger partial charge in [0.25, 0.3) is 11.8 Å². The summed E-state index contributed by atoms with van der Waals surface area (Å²) in [7, 11) is -2.07. The molecular formula is C40H55Cl3N3O11PS. The minimum Gasteiger partial charge on any atom is -0.778 e. The van der Waals surface area contributed by atoms with Crippen LogP contribution in [0.15, 0.2) is 52.6 Å². The lowest BCUT2D eigenvalue weighted by Crippen LogP contribution is -2.43. The molecule has 0 saturated carbocycles. The summed E-state index contributed by atoms with van der Waals surface area (Å²) in [6.45, 7) is 7.96. The SMILES string of the molecule is CCOC(=O)/C(Cl)=C/c1cc(N2C(=O)C3=C(CCCC3)C2=O)ccc1Cl.CCc1cccc(C)c1N(C(=O)CCl)C(C)COC.C[S+](C)C.O=C(O)CNCP(=O)([O-])O. The van der Waals surface area contributed by atoms with Gasteiger partial charge in [0.05, 0.1) is 62.2 Å². The number of amides is 3. The zero-order valence-corrected chi connectivity index (χ0v) is 38.6. The molecule has 3 amide bonds. The van der Waals surface area contributed by atoms with Gasteiger partial charge in [-0.15, -0.1) is 11.6 Å². The summed E-state index contributed by atoms with van der Waals surface area (Å²) in [4.78, 5) is 79.9. The highest BCUT2D eigenvalue weighted by Gasteiger charge is 2.39. The van der Waals surface area contributed by atoms with Crippen LogP contribution in [0.25, 0.3) is 6.08 Å². The molecule has 1 heterocycles. The van der Waals surface area contributed by atoms with Crippen LogP contribution in [0.5, 0.6) is 0 Å². The second-order valence-electron chi connectivity index (χ2n) is 13.5. The number of rotatable bonds is 14. The molecule has 59 heavy (non-hydrogen) atoms. The number of hydrogen-bond donors (Lipinski definition) is 3. The summed E-state index contributed by atoms with van der Waals surface area (Å²) in [6, 6.07) is 10.8. The van der Waals surface area contributed by atoms with E-state index in [1.165, 1.54) is 11.0 Å². The third kappa shape index (κ3) is 18.1. The number of hydrogen-bond acceptors (Lipinski definition) is 10. The van der Waals surface area contributed by atoms with Crippen LogP contribution in [0.2, 0.25) is 5.02 Å². The number of alkyl halides is 1. The van der Waals surface area contributed by atoms with Crippen molar-refractivity contribution in [2.45, 2.75) is 65.8 Å². The Bertz CT molecular complexity index is 1860.